The van der Waals surface area contributed by atoms with Crippen molar-refractivity contribution in [2.75, 3.05) is 17.3 Å². The summed E-state index contributed by atoms with van der Waals surface area (Å²) in [5, 5.41) is 4.67. The first-order valence-corrected chi connectivity index (χ1v) is 7.39. The molecule has 3 N–H and O–H groups in total. The molecule has 100 valence electrons. The molecule has 0 bridgehead atoms. The molecule has 1 unspecified atom stereocenters. The second kappa shape index (κ2) is 6.12. The summed E-state index contributed by atoms with van der Waals surface area (Å²) in [4.78, 5) is 8.48. The third-order valence-electron chi connectivity index (χ3n) is 2.62. The van der Waals surface area contributed by atoms with Gasteiger partial charge in [-0.15, -0.1) is 0 Å². The highest BCUT2D eigenvalue weighted by Gasteiger charge is 2.08. The average molecular weight is 295 g/mol. The fraction of sp³-hybridized carbons (Fsp3) is 0.231. The topological polar surface area (TPSA) is 63.8 Å². The van der Waals surface area contributed by atoms with Crippen LogP contribution in [0.3, 0.4) is 0 Å². The lowest BCUT2D eigenvalue weighted by molar-refractivity contribution is 0.857. The van der Waals surface area contributed by atoms with E-state index < -0.39 is 0 Å². The van der Waals surface area contributed by atoms with Crippen LogP contribution in [-0.2, 0) is 0 Å². The van der Waals surface area contributed by atoms with Gasteiger partial charge in [-0.2, -0.15) is 0 Å². The van der Waals surface area contributed by atoms with Crippen LogP contribution in [0.2, 0.25) is 5.02 Å². The lowest BCUT2D eigenvalue weighted by Gasteiger charge is -2.15. The number of thioether (sulfide) groups is 1. The van der Waals surface area contributed by atoms with Gasteiger partial charge in [-0.1, -0.05) is 35.5 Å². The van der Waals surface area contributed by atoms with E-state index in [-0.39, 0.29) is 6.04 Å². The Labute approximate surface area is 121 Å². The van der Waals surface area contributed by atoms with Crippen molar-refractivity contribution in [3.8, 4) is 0 Å². The molecule has 1 aromatic carbocycles. The van der Waals surface area contributed by atoms with Gasteiger partial charge in [-0.05, 0) is 30.9 Å². The molecule has 1 aromatic heterocycles. The van der Waals surface area contributed by atoms with Gasteiger partial charge in [-0.3, -0.25) is 0 Å². The quantitative estimate of drug-likeness (QED) is 0.666. The van der Waals surface area contributed by atoms with Crippen LogP contribution in [0, 0.1) is 0 Å². The summed E-state index contributed by atoms with van der Waals surface area (Å²) < 4.78 is 0. The maximum absolute atomic E-state index is 5.99. The number of hydrogen-bond acceptors (Lipinski definition) is 5. The van der Waals surface area contributed by atoms with Crippen molar-refractivity contribution in [2.45, 2.75) is 18.1 Å². The van der Waals surface area contributed by atoms with Crippen molar-refractivity contribution in [2.24, 2.45) is 0 Å². The molecule has 0 fully saturated rings. The first kappa shape index (κ1) is 14.0. The summed E-state index contributed by atoms with van der Waals surface area (Å²) in [6.07, 6.45) is 1.92. The minimum absolute atomic E-state index is 0.0858. The zero-order valence-electron chi connectivity index (χ0n) is 10.7. The van der Waals surface area contributed by atoms with Crippen LogP contribution in [0.1, 0.15) is 18.5 Å². The van der Waals surface area contributed by atoms with Gasteiger partial charge >= 0.3 is 0 Å². The largest absolute Gasteiger partial charge is 0.383 e. The smallest absolute Gasteiger partial charge is 0.191 e. The molecule has 6 heteroatoms. The summed E-state index contributed by atoms with van der Waals surface area (Å²) in [6, 6.07) is 9.54. The van der Waals surface area contributed by atoms with Crippen LogP contribution in [0.4, 0.5) is 11.6 Å². The van der Waals surface area contributed by atoms with Gasteiger partial charge in [0, 0.05) is 17.1 Å². The van der Waals surface area contributed by atoms with Crippen molar-refractivity contribution in [1.82, 2.24) is 9.97 Å². The molecule has 19 heavy (non-hydrogen) atoms. The van der Waals surface area contributed by atoms with Gasteiger partial charge in [-0.25, -0.2) is 9.97 Å². The summed E-state index contributed by atoms with van der Waals surface area (Å²) in [5.41, 5.74) is 6.84. The second-order valence-corrected chi connectivity index (χ2v) is 5.30. The maximum atomic E-state index is 5.99. The Morgan fingerprint density at radius 1 is 1.32 bits per heavy atom. The molecule has 0 aliphatic heterocycles. The average Bonchev–Trinajstić information content (AvgIpc) is 2.38. The molecule has 2 aromatic rings. The van der Waals surface area contributed by atoms with Crippen molar-refractivity contribution < 1.29 is 0 Å². The number of nitrogens with two attached hydrogens (primary N) is 1. The number of nitrogen functional groups attached to an aromatic ring is 1. The Balaban J connectivity index is 2.18. The number of rotatable bonds is 4. The zero-order chi connectivity index (χ0) is 13.8. The van der Waals surface area contributed by atoms with E-state index in [0.717, 1.165) is 10.6 Å². The van der Waals surface area contributed by atoms with Gasteiger partial charge in [0.05, 0.1) is 0 Å². The first-order valence-electron chi connectivity index (χ1n) is 5.79. The van der Waals surface area contributed by atoms with Crippen LogP contribution in [-0.4, -0.2) is 16.2 Å². The molecule has 0 aliphatic carbocycles. The lowest BCUT2D eigenvalue weighted by atomic mass is 10.1. The van der Waals surface area contributed by atoms with Gasteiger partial charge in [0.15, 0.2) is 5.16 Å². The van der Waals surface area contributed by atoms with Crippen molar-refractivity contribution in [1.29, 1.82) is 0 Å². The van der Waals surface area contributed by atoms with Crippen LogP contribution < -0.4 is 11.1 Å². The highest BCUT2D eigenvalue weighted by atomic mass is 35.5. The molecular formula is C13H15ClN4S. The molecule has 0 aliphatic rings. The lowest BCUT2D eigenvalue weighted by Crippen LogP contribution is -2.09. The third kappa shape index (κ3) is 3.75. The summed E-state index contributed by atoms with van der Waals surface area (Å²) in [7, 11) is 0. The zero-order valence-corrected chi connectivity index (χ0v) is 12.3. The summed E-state index contributed by atoms with van der Waals surface area (Å²) >= 11 is 7.45. The number of aromatic nitrogens is 2. The van der Waals surface area contributed by atoms with E-state index in [4.69, 9.17) is 17.3 Å². The molecule has 2 rings (SSSR count). The predicted molar refractivity (Wildman–Crippen MR) is 81.7 cm³/mol. The third-order valence-corrected chi connectivity index (χ3v) is 3.40. The van der Waals surface area contributed by atoms with Gasteiger partial charge in [0.1, 0.15) is 11.6 Å². The SMILES string of the molecule is CSc1nc(N)cc(NC(C)c2cccc(Cl)c2)n1. The Bertz CT molecular complexity index is 576. The number of nitrogens with one attached hydrogen (secondary N) is 1. The van der Waals surface area contributed by atoms with E-state index in [1.165, 1.54) is 11.8 Å². The molecule has 1 heterocycles. The van der Waals surface area contributed by atoms with Gasteiger partial charge < -0.3 is 11.1 Å². The van der Waals surface area contributed by atoms with Crippen LogP contribution >= 0.6 is 23.4 Å². The fourth-order valence-corrected chi connectivity index (χ4v) is 2.27. The minimum atomic E-state index is 0.0858. The number of anilines is 2. The number of halogens is 1. The van der Waals surface area contributed by atoms with Gasteiger partial charge in [0.25, 0.3) is 0 Å². The number of benzene rings is 1. The van der Waals surface area contributed by atoms with E-state index in [2.05, 4.69) is 15.3 Å². The minimum Gasteiger partial charge on any atom is -0.383 e. The van der Waals surface area contributed by atoms with E-state index in [0.29, 0.717) is 16.8 Å². The normalized spacial score (nSPS) is 12.2. The van der Waals surface area contributed by atoms with Crippen LogP contribution in [0.25, 0.3) is 0 Å². The molecular weight excluding hydrogens is 280 g/mol. The number of hydrogen-bond donors (Lipinski definition) is 2. The Hall–Kier alpha value is -1.46. The Morgan fingerprint density at radius 2 is 2.11 bits per heavy atom. The van der Waals surface area contributed by atoms with Crippen molar-refractivity contribution in [3.63, 3.8) is 0 Å². The summed E-state index contributed by atoms with van der Waals surface area (Å²) in [6.45, 7) is 2.04. The maximum Gasteiger partial charge on any atom is 0.191 e. The van der Waals surface area contributed by atoms with E-state index in [1.807, 2.05) is 37.4 Å². The number of nitrogens with zero attached hydrogens (tertiary/aromatic N) is 2. The molecule has 4 nitrogen and oxygen atoms in total. The van der Waals surface area contributed by atoms with E-state index in [1.54, 1.807) is 6.07 Å². The predicted octanol–water partition coefficient (Wildman–Crippen LogP) is 3.61. The van der Waals surface area contributed by atoms with Gasteiger partial charge in [0.2, 0.25) is 0 Å². The highest BCUT2D eigenvalue weighted by Crippen LogP contribution is 2.22. The molecule has 1 atom stereocenters. The van der Waals surface area contributed by atoms with Crippen LogP contribution in [0.5, 0.6) is 0 Å². The Kier molecular flexibility index (Phi) is 4.50. The standard InChI is InChI=1S/C13H15ClN4S/c1-8(9-4-3-5-10(14)6-9)16-12-7-11(15)17-13(18-12)19-2/h3-8H,1-2H3,(H3,15,16,17,18). The summed E-state index contributed by atoms with van der Waals surface area (Å²) in [5.74, 6) is 1.17. The Morgan fingerprint density at radius 3 is 2.79 bits per heavy atom. The fourth-order valence-electron chi connectivity index (χ4n) is 1.69. The molecule has 0 saturated carbocycles. The van der Waals surface area contributed by atoms with Crippen molar-refractivity contribution in [3.05, 3.63) is 40.9 Å². The monoisotopic (exact) mass is 294 g/mol. The second-order valence-electron chi connectivity index (χ2n) is 4.09. The molecule has 0 spiro atoms. The molecule has 0 saturated heterocycles. The van der Waals surface area contributed by atoms with E-state index in [9.17, 15) is 0 Å². The van der Waals surface area contributed by atoms with Crippen LogP contribution in [0.15, 0.2) is 35.5 Å². The molecule has 0 amide bonds. The molecule has 0 radical (unpaired) electrons. The highest BCUT2D eigenvalue weighted by molar-refractivity contribution is 7.98. The van der Waals surface area contributed by atoms with E-state index >= 15 is 0 Å². The first-order chi connectivity index (χ1) is 9.08. The van der Waals surface area contributed by atoms with Crippen molar-refractivity contribution >= 4 is 35.0 Å².